The second kappa shape index (κ2) is 18.1. The molecule has 6 rings (SSSR count). The number of piperazine rings is 2. The molecule has 0 radical (unpaired) electrons. The highest BCUT2D eigenvalue weighted by Gasteiger charge is 2.28. The van der Waals surface area contributed by atoms with Gasteiger partial charge in [-0.05, 0) is 119 Å². The Balaban J connectivity index is 0.000000182. The summed E-state index contributed by atoms with van der Waals surface area (Å²) in [6.45, 7) is 18.9. The summed E-state index contributed by atoms with van der Waals surface area (Å²) in [5.41, 5.74) is -0.846. The van der Waals surface area contributed by atoms with Gasteiger partial charge in [-0.15, -0.1) is 0 Å². The highest BCUT2D eigenvalue weighted by molar-refractivity contribution is 9.10. The molecule has 4 aliphatic rings. The van der Waals surface area contributed by atoms with E-state index in [1.807, 2.05) is 65.8 Å². The third-order valence-electron chi connectivity index (χ3n) is 7.82. The average molecular weight is 748 g/mol. The van der Waals surface area contributed by atoms with Crippen LogP contribution in [0.5, 0.6) is 11.5 Å². The van der Waals surface area contributed by atoms with Gasteiger partial charge in [-0.25, -0.2) is 19.6 Å². The molecule has 12 nitrogen and oxygen atoms in total. The molecular formula is C36H55BrN6O6. The third kappa shape index (κ3) is 14.6. The van der Waals surface area contributed by atoms with E-state index in [4.69, 9.17) is 18.9 Å². The van der Waals surface area contributed by atoms with E-state index in [1.54, 1.807) is 22.2 Å². The molecule has 1 N–H and O–H groups in total. The van der Waals surface area contributed by atoms with Crippen molar-refractivity contribution >= 4 is 33.9 Å². The predicted octanol–water partition coefficient (Wildman–Crippen LogP) is 6.39. The van der Waals surface area contributed by atoms with Gasteiger partial charge in [-0.2, -0.15) is 0 Å². The zero-order valence-corrected chi connectivity index (χ0v) is 31.7. The molecule has 2 aromatic heterocycles. The number of anilines is 1. The van der Waals surface area contributed by atoms with Gasteiger partial charge in [0, 0.05) is 64.8 Å². The molecule has 2 saturated carbocycles. The van der Waals surface area contributed by atoms with Crippen molar-refractivity contribution in [2.45, 2.75) is 78.4 Å². The van der Waals surface area contributed by atoms with Crippen molar-refractivity contribution in [1.82, 2.24) is 25.1 Å². The Kier molecular flexibility index (Phi) is 14.2. The molecule has 2 aromatic rings. The minimum Gasteiger partial charge on any atom is -0.490 e. The van der Waals surface area contributed by atoms with E-state index in [0.29, 0.717) is 19.0 Å². The smallest absolute Gasteiger partial charge is 0.410 e. The quantitative estimate of drug-likeness (QED) is 0.320. The molecule has 2 amide bonds. The van der Waals surface area contributed by atoms with E-state index in [0.717, 1.165) is 80.3 Å². The normalized spacial score (nSPS) is 17.9. The standard InChI is InChI=1S/C18H27N3O3.C9H10BrNO.C9H18N2O2/c1-18(2,3)24-17(22)21-11-9-20(10-12-21)16-15(5-4-8-19-16)23-13-14-6-7-14;10-9-8(2-1-5-11-9)12-6-7-3-4-7;1-9(2,3)13-8(12)11-6-4-10-5-7-11/h4-5,8,14H,6-7,9-13H2,1-3H3;1-2,5,7H,3-4,6H2;10H,4-7H2,1-3H3. The average Bonchev–Trinajstić information content (AvgIpc) is 4.00. The van der Waals surface area contributed by atoms with Crippen molar-refractivity contribution in [2.24, 2.45) is 11.8 Å². The number of carbonyl (C=O) groups excluding carboxylic acids is 2. The molecule has 13 heteroatoms. The molecule has 0 unspecified atom stereocenters. The van der Waals surface area contributed by atoms with Crippen molar-refractivity contribution < 1.29 is 28.5 Å². The van der Waals surface area contributed by atoms with Crippen LogP contribution in [0.4, 0.5) is 15.4 Å². The summed E-state index contributed by atoms with van der Waals surface area (Å²) in [5.74, 6) is 4.07. The maximum atomic E-state index is 12.2. The monoisotopic (exact) mass is 746 g/mol. The Hall–Kier alpha value is -3.32. The lowest BCUT2D eigenvalue weighted by Crippen LogP contribution is -2.50. The summed E-state index contributed by atoms with van der Waals surface area (Å²) in [6.07, 6.45) is 8.26. The van der Waals surface area contributed by atoms with E-state index in [2.05, 4.69) is 36.1 Å². The molecule has 2 aliphatic carbocycles. The largest absolute Gasteiger partial charge is 0.490 e. The Labute approximate surface area is 300 Å². The van der Waals surface area contributed by atoms with Crippen molar-refractivity contribution in [2.75, 3.05) is 70.5 Å². The number of halogens is 1. The Bertz CT molecular complexity index is 1330. The van der Waals surface area contributed by atoms with Gasteiger partial charge in [-0.1, -0.05) is 0 Å². The van der Waals surface area contributed by atoms with E-state index >= 15 is 0 Å². The van der Waals surface area contributed by atoms with Crippen LogP contribution in [0.3, 0.4) is 0 Å². The highest BCUT2D eigenvalue weighted by Crippen LogP contribution is 2.33. The molecule has 0 spiro atoms. The molecule has 2 aliphatic heterocycles. The molecule has 0 bridgehead atoms. The van der Waals surface area contributed by atoms with Gasteiger partial charge in [-0.3, -0.25) is 0 Å². The summed E-state index contributed by atoms with van der Waals surface area (Å²) < 4.78 is 23.0. The minimum absolute atomic E-state index is 0.200. The first-order valence-electron chi connectivity index (χ1n) is 17.5. The maximum Gasteiger partial charge on any atom is 0.410 e. The number of carbonyl (C=O) groups is 2. The second-order valence-electron chi connectivity index (χ2n) is 14.8. The predicted molar refractivity (Wildman–Crippen MR) is 193 cm³/mol. The van der Waals surface area contributed by atoms with Gasteiger partial charge in [0.25, 0.3) is 0 Å². The van der Waals surface area contributed by atoms with Gasteiger partial charge in [0.15, 0.2) is 17.3 Å². The maximum absolute atomic E-state index is 12.2. The highest BCUT2D eigenvalue weighted by atomic mass is 79.9. The Morgan fingerprint density at radius 2 is 1.20 bits per heavy atom. The second-order valence-corrected chi connectivity index (χ2v) is 15.5. The number of pyridine rings is 2. The number of rotatable bonds is 7. The van der Waals surface area contributed by atoms with E-state index < -0.39 is 5.60 Å². The summed E-state index contributed by atoms with van der Waals surface area (Å²) in [5, 5.41) is 3.18. The minimum atomic E-state index is -0.459. The number of aromatic nitrogens is 2. The van der Waals surface area contributed by atoms with Crippen LogP contribution in [0.25, 0.3) is 0 Å². The molecule has 4 fully saturated rings. The van der Waals surface area contributed by atoms with E-state index in [1.165, 1.54) is 25.7 Å². The van der Waals surface area contributed by atoms with Gasteiger partial charge >= 0.3 is 12.2 Å². The fraction of sp³-hybridized carbons (Fsp3) is 0.667. The van der Waals surface area contributed by atoms with Gasteiger partial charge in [0.2, 0.25) is 0 Å². The molecule has 272 valence electrons. The van der Waals surface area contributed by atoms with Crippen LogP contribution in [0.1, 0.15) is 67.2 Å². The number of ether oxygens (including phenoxy) is 4. The van der Waals surface area contributed by atoms with Crippen LogP contribution in [0, 0.1) is 11.8 Å². The summed E-state index contributed by atoms with van der Waals surface area (Å²) in [4.78, 5) is 37.9. The van der Waals surface area contributed by atoms with Crippen LogP contribution in [-0.4, -0.2) is 109 Å². The van der Waals surface area contributed by atoms with Crippen molar-refractivity contribution in [3.63, 3.8) is 0 Å². The van der Waals surface area contributed by atoms with Gasteiger partial charge < -0.3 is 39.0 Å². The molecule has 0 atom stereocenters. The van der Waals surface area contributed by atoms with Crippen LogP contribution < -0.4 is 19.7 Å². The first kappa shape index (κ1) is 38.5. The SMILES string of the molecule is Brc1ncccc1OCC1CC1.CC(C)(C)OC(=O)N1CCN(c2ncccc2OCC2CC2)CC1.CC(C)(C)OC(=O)N1CCNCC1. The lowest BCUT2D eigenvalue weighted by Gasteiger charge is -2.36. The molecule has 2 saturated heterocycles. The number of nitrogens with one attached hydrogen (secondary N) is 1. The van der Waals surface area contributed by atoms with Crippen molar-refractivity contribution in [3.8, 4) is 11.5 Å². The Morgan fingerprint density at radius 3 is 1.69 bits per heavy atom. The fourth-order valence-corrected chi connectivity index (χ4v) is 5.16. The van der Waals surface area contributed by atoms with E-state index in [9.17, 15) is 9.59 Å². The summed E-state index contributed by atoms with van der Waals surface area (Å²) >= 11 is 3.33. The number of amides is 2. The topological polar surface area (TPSA) is 119 Å². The van der Waals surface area contributed by atoms with Crippen LogP contribution in [-0.2, 0) is 9.47 Å². The van der Waals surface area contributed by atoms with Gasteiger partial charge in [0.05, 0.1) is 13.2 Å². The fourth-order valence-electron chi connectivity index (χ4n) is 4.80. The zero-order chi connectivity index (χ0) is 35.4. The van der Waals surface area contributed by atoms with Crippen LogP contribution in [0.2, 0.25) is 0 Å². The van der Waals surface area contributed by atoms with E-state index in [-0.39, 0.29) is 17.8 Å². The summed E-state index contributed by atoms with van der Waals surface area (Å²) in [6, 6.07) is 7.69. The lowest BCUT2D eigenvalue weighted by atomic mass is 10.2. The third-order valence-corrected chi connectivity index (χ3v) is 8.41. The number of hydrogen-bond donors (Lipinski definition) is 1. The van der Waals surface area contributed by atoms with Crippen LogP contribution in [0.15, 0.2) is 41.3 Å². The number of hydrogen-bond acceptors (Lipinski definition) is 10. The first-order chi connectivity index (χ1) is 23.3. The zero-order valence-electron chi connectivity index (χ0n) is 30.1. The van der Waals surface area contributed by atoms with Crippen molar-refractivity contribution in [3.05, 3.63) is 41.3 Å². The molecular weight excluding hydrogens is 692 g/mol. The van der Waals surface area contributed by atoms with Crippen molar-refractivity contribution in [1.29, 1.82) is 0 Å². The van der Waals surface area contributed by atoms with Crippen LogP contribution >= 0.6 is 15.9 Å². The van der Waals surface area contributed by atoms with Gasteiger partial charge in [0.1, 0.15) is 15.8 Å². The molecule has 4 heterocycles. The summed E-state index contributed by atoms with van der Waals surface area (Å²) in [7, 11) is 0. The Morgan fingerprint density at radius 1 is 0.735 bits per heavy atom. The molecule has 49 heavy (non-hydrogen) atoms. The lowest BCUT2D eigenvalue weighted by molar-refractivity contribution is 0.0223. The first-order valence-corrected chi connectivity index (χ1v) is 18.3. The molecule has 0 aromatic carbocycles. The number of nitrogens with zero attached hydrogens (tertiary/aromatic N) is 5.